The van der Waals surface area contributed by atoms with Crippen molar-refractivity contribution in [2.24, 2.45) is 5.73 Å². The summed E-state index contributed by atoms with van der Waals surface area (Å²) in [4.78, 5) is 0. The van der Waals surface area contributed by atoms with Crippen molar-refractivity contribution in [2.45, 2.75) is 31.7 Å². The zero-order valence-corrected chi connectivity index (χ0v) is 9.53. The van der Waals surface area contributed by atoms with E-state index in [0.29, 0.717) is 24.9 Å². The van der Waals surface area contributed by atoms with Gasteiger partial charge < -0.3 is 20.2 Å². The third-order valence-corrected chi connectivity index (χ3v) is 2.83. The van der Waals surface area contributed by atoms with Gasteiger partial charge in [-0.2, -0.15) is 0 Å². The van der Waals surface area contributed by atoms with Crippen LogP contribution in [-0.4, -0.2) is 35.5 Å². The van der Waals surface area contributed by atoms with E-state index in [9.17, 15) is 0 Å². The van der Waals surface area contributed by atoms with Crippen LogP contribution in [0.4, 0.5) is 6.01 Å². The molecule has 1 fully saturated rings. The summed E-state index contributed by atoms with van der Waals surface area (Å²) in [5, 5.41) is 11.1. The first kappa shape index (κ1) is 11.3. The van der Waals surface area contributed by atoms with Crippen LogP contribution in [0.25, 0.3) is 0 Å². The molecule has 16 heavy (non-hydrogen) atoms. The molecule has 3 N–H and O–H groups in total. The molecule has 0 atom stereocenters. The largest absolute Gasteiger partial charge is 0.408 e. The fraction of sp³-hybridized carbons (Fsp3) is 0.800. The second-order valence-corrected chi connectivity index (χ2v) is 4.34. The lowest BCUT2D eigenvalue weighted by molar-refractivity contribution is 0.0650. The maximum absolute atomic E-state index is 5.44. The Morgan fingerprint density at radius 3 is 2.81 bits per heavy atom. The third kappa shape index (κ3) is 2.70. The van der Waals surface area contributed by atoms with Gasteiger partial charge in [-0.3, -0.25) is 0 Å². The molecule has 2 rings (SSSR count). The van der Waals surface area contributed by atoms with Crippen LogP contribution < -0.4 is 11.1 Å². The number of aromatic nitrogens is 2. The number of rotatable bonds is 4. The number of nitrogens with one attached hydrogen (secondary N) is 1. The van der Waals surface area contributed by atoms with Gasteiger partial charge in [0.15, 0.2) is 0 Å². The van der Waals surface area contributed by atoms with E-state index in [1.54, 1.807) is 0 Å². The molecule has 2 heterocycles. The maximum atomic E-state index is 5.44. The van der Waals surface area contributed by atoms with E-state index in [2.05, 4.69) is 22.4 Å². The maximum Gasteiger partial charge on any atom is 0.315 e. The summed E-state index contributed by atoms with van der Waals surface area (Å²) in [6.07, 6.45) is 2.51. The molecule has 1 saturated heterocycles. The van der Waals surface area contributed by atoms with E-state index >= 15 is 0 Å². The lowest BCUT2D eigenvalue weighted by Crippen LogP contribution is -2.40. The second-order valence-electron chi connectivity index (χ2n) is 4.34. The summed E-state index contributed by atoms with van der Waals surface area (Å²) < 4.78 is 10.8. The molecule has 0 bridgehead atoms. The molecule has 90 valence electrons. The summed E-state index contributed by atoms with van der Waals surface area (Å²) in [6, 6.07) is 0.479. The topological polar surface area (TPSA) is 86.2 Å². The SMILES string of the molecule is CC1(Nc2nnc(CCN)o2)CCOCC1. The van der Waals surface area contributed by atoms with E-state index in [4.69, 9.17) is 14.9 Å². The molecule has 0 saturated carbocycles. The fourth-order valence-corrected chi connectivity index (χ4v) is 1.73. The van der Waals surface area contributed by atoms with Crippen molar-refractivity contribution in [3.63, 3.8) is 0 Å². The highest BCUT2D eigenvalue weighted by atomic mass is 16.5. The van der Waals surface area contributed by atoms with Gasteiger partial charge in [-0.15, -0.1) is 5.10 Å². The van der Waals surface area contributed by atoms with E-state index in [1.165, 1.54) is 0 Å². The van der Waals surface area contributed by atoms with Gasteiger partial charge in [0, 0.05) is 31.7 Å². The average Bonchev–Trinajstić information content (AvgIpc) is 2.66. The summed E-state index contributed by atoms with van der Waals surface area (Å²) in [6.45, 7) is 4.20. The van der Waals surface area contributed by atoms with Gasteiger partial charge in [-0.25, -0.2) is 0 Å². The highest BCUT2D eigenvalue weighted by Gasteiger charge is 2.28. The predicted octanol–water partition coefficient (Wildman–Crippen LogP) is 0.552. The minimum absolute atomic E-state index is 0.00916. The molecule has 1 aromatic heterocycles. The summed E-state index contributed by atoms with van der Waals surface area (Å²) >= 11 is 0. The molecule has 1 aliphatic rings. The van der Waals surface area contributed by atoms with Crippen LogP contribution in [0.1, 0.15) is 25.7 Å². The lowest BCUT2D eigenvalue weighted by atomic mass is 9.93. The molecular formula is C10H18N4O2. The van der Waals surface area contributed by atoms with Gasteiger partial charge in [0.05, 0.1) is 0 Å². The number of anilines is 1. The minimum atomic E-state index is -0.00916. The summed E-state index contributed by atoms with van der Waals surface area (Å²) in [7, 11) is 0. The quantitative estimate of drug-likeness (QED) is 0.779. The fourth-order valence-electron chi connectivity index (χ4n) is 1.73. The van der Waals surface area contributed by atoms with Crippen LogP contribution in [0.15, 0.2) is 4.42 Å². The van der Waals surface area contributed by atoms with Crippen molar-refractivity contribution < 1.29 is 9.15 Å². The van der Waals surface area contributed by atoms with Crippen LogP contribution in [0.3, 0.4) is 0 Å². The standard InChI is InChI=1S/C10H18N4O2/c1-10(3-6-15-7-4-10)12-9-14-13-8(16-9)2-5-11/h2-7,11H2,1H3,(H,12,14). The van der Waals surface area contributed by atoms with Gasteiger partial charge in [-0.1, -0.05) is 5.10 Å². The number of ether oxygens (including phenoxy) is 1. The van der Waals surface area contributed by atoms with Gasteiger partial charge in [-0.05, 0) is 19.8 Å². The molecule has 0 aromatic carbocycles. The Kier molecular flexibility index (Phi) is 3.40. The number of hydrogen-bond acceptors (Lipinski definition) is 6. The van der Waals surface area contributed by atoms with Crippen molar-refractivity contribution in [1.82, 2.24) is 10.2 Å². The Morgan fingerprint density at radius 2 is 2.12 bits per heavy atom. The lowest BCUT2D eigenvalue weighted by Gasteiger charge is -2.33. The average molecular weight is 226 g/mol. The zero-order valence-electron chi connectivity index (χ0n) is 9.53. The van der Waals surface area contributed by atoms with Crippen molar-refractivity contribution in [3.05, 3.63) is 5.89 Å². The van der Waals surface area contributed by atoms with Crippen molar-refractivity contribution in [3.8, 4) is 0 Å². The second kappa shape index (κ2) is 4.80. The van der Waals surface area contributed by atoms with Crippen molar-refractivity contribution >= 4 is 6.01 Å². The Bertz CT molecular complexity index is 333. The highest BCUT2D eigenvalue weighted by Crippen LogP contribution is 2.24. The minimum Gasteiger partial charge on any atom is -0.408 e. The first-order chi connectivity index (χ1) is 7.72. The van der Waals surface area contributed by atoms with E-state index in [0.717, 1.165) is 26.1 Å². The van der Waals surface area contributed by atoms with Crippen LogP contribution in [0, 0.1) is 0 Å². The first-order valence-corrected chi connectivity index (χ1v) is 5.60. The summed E-state index contributed by atoms with van der Waals surface area (Å²) in [5.74, 6) is 0.584. The third-order valence-electron chi connectivity index (χ3n) is 2.83. The van der Waals surface area contributed by atoms with Gasteiger partial charge in [0.25, 0.3) is 0 Å². The van der Waals surface area contributed by atoms with E-state index < -0.39 is 0 Å². The normalized spacial score (nSPS) is 19.6. The van der Waals surface area contributed by atoms with Crippen LogP contribution in [-0.2, 0) is 11.2 Å². The van der Waals surface area contributed by atoms with Gasteiger partial charge in [0.2, 0.25) is 5.89 Å². The molecule has 0 unspecified atom stereocenters. The molecular weight excluding hydrogens is 208 g/mol. The smallest absolute Gasteiger partial charge is 0.315 e. The molecule has 6 nitrogen and oxygen atoms in total. The zero-order chi connectivity index (χ0) is 11.4. The number of nitrogens with two attached hydrogens (primary N) is 1. The monoisotopic (exact) mass is 226 g/mol. The number of hydrogen-bond donors (Lipinski definition) is 2. The van der Waals surface area contributed by atoms with Crippen LogP contribution in [0.2, 0.25) is 0 Å². The molecule has 1 aliphatic heterocycles. The first-order valence-electron chi connectivity index (χ1n) is 5.60. The van der Waals surface area contributed by atoms with E-state index in [1.807, 2.05) is 0 Å². The molecule has 6 heteroatoms. The van der Waals surface area contributed by atoms with Crippen LogP contribution >= 0.6 is 0 Å². The Morgan fingerprint density at radius 1 is 1.38 bits per heavy atom. The number of nitrogens with zero attached hydrogens (tertiary/aromatic N) is 2. The van der Waals surface area contributed by atoms with Crippen molar-refractivity contribution in [2.75, 3.05) is 25.1 Å². The molecule has 0 spiro atoms. The van der Waals surface area contributed by atoms with Crippen molar-refractivity contribution in [1.29, 1.82) is 0 Å². The molecule has 0 aliphatic carbocycles. The van der Waals surface area contributed by atoms with Crippen LogP contribution in [0.5, 0.6) is 0 Å². The Labute approximate surface area is 94.6 Å². The molecule has 0 amide bonds. The Balaban J connectivity index is 1.96. The van der Waals surface area contributed by atoms with Gasteiger partial charge in [0.1, 0.15) is 0 Å². The van der Waals surface area contributed by atoms with E-state index in [-0.39, 0.29) is 5.54 Å². The molecule has 0 radical (unpaired) electrons. The Hall–Kier alpha value is -1.14. The highest BCUT2D eigenvalue weighted by molar-refractivity contribution is 5.23. The van der Waals surface area contributed by atoms with Gasteiger partial charge >= 0.3 is 6.01 Å². The predicted molar refractivity (Wildman–Crippen MR) is 59.1 cm³/mol. The molecule has 1 aromatic rings. The summed E-state index contributed by atoms with van der Waals surface area (Å²) in [5.41, 5.74) is 5.41.